The summed E-state index contributed by atoms with van der Waals surface area (Å²) in [7, 11) is -2.14. The second-order valence-corrected chi connectivity index (χ2v) is 8.46. The van der Waals surface area contributed by atoms with Gasteiger partial charge in [0.1, 0.15) is 15.5 Å². The van der Waals surface area contributed by atoms with Crippen LogP contribution in [0.25, 0.3) is 0 Å². The molecule has 0 radical (unpaired) electrons. The molecule has 3 rings (SSSR count). The zero-order valence-electron chi connectivity index (χ0n) is 13.7. The van der Waals surface area contributed by atoms with Crippen LogP contribution < -0.4 is 15.8 Å². The molecule has 0 unspecified atom stereocenters. The van der Waals surface area contributed by atoms with E-state index in [2.05, 4.69) is 5.32 Å². The summed E-state index contributed by atoms with van der Waals surface area (Å²) in [4.78, 5) is 12.8. The van der Waals surface area contributed by atoms with Crippen molar-refractivity contribution in [1.82, 2.24) is 4.31 Å². The molecule has 2 aromatic rings. The summed E-state index contributed by atoms with van der Waals surface area (Å²) in [5, 5.41) is 4.30. The van der Waals surface area contributed by atoms with Crippen molar-refractivity contribution in [2.45, 2.75) is 17.7 Å². The number of thiophene rings is 1. The third-order valence-corrected chi connectivity index (χ3v) is 6.99. The minimum atomic E-state index is -3.64. The Hall–Kier alpha value is -2.10. The fourth-order valence-electron chi connectivity index (χ4n) is 2.73. The van der Waals surface area contributed by atoms with E-state index in [-0.39, 0.29) is 9.77 Å². The highest BCUT2D eigenvalue weighted by molar-refractivity contribution is 7.89. The summed E-state index contributed by atoms with van der Waals surface area (Å²) in [6.07, 6.45) is 1.69. The smallest absolute Gasteiger partial charge is 0.267 e. The van der Waals surface area contributed by atoms with E-state index in [1.54, 1.807) is 23.6 Å². The Morgan fingerprint density at radius 3 is 2.64 bits per heavy atom. The Balaban J connectivity index is 1.84. The summed E-state index contributed by atoms with van der Waals surface area (Å²) in [6, 6.07) is 6.34. The van der Waals surface area contributed by atoms with E-state index in [0.29, 0.717) is 30.2 Å². The number of sulfonamides is 1. The number of amides is 1. The molecule has 1 aliphatic rings. The van der Waals surface area contributed by atoms with Crippen molar-refractivity contribution in [3.05, 3.63) is 34.5 Å². The number of carbonyl (C=O) groups excluding carboxylic acids is 1. The van der Waals surface area contributed by atoms with Crippen LogP contribution >= 0.6 is 11.3 Å². The van der Waals surface area contributed by atoms with Gasteiger partial charge in [0.2, 0.25) is 10.0 Å². The molecule has 25 heavy (non-hydrogen) atoms. The number of nitrogens with zero attached hydrogens (tertiary/aromatic N) is 1. The first kappa shape index (κ1) is 17.7. The summed E-state index contributed by atoms with van der Waals surface area (Å²) >= 11 is 1.10. The minimum absolute atomic E-state index is 0.0541. The van der Waals surface area contributed by atoms with Crippen molar-refractivity contribution >= 4 is 38.6 Å². The number of ether oxygens (including phenoxy) is 1. The second kappa shape index (κ2) is 7.03. The largest absolute Gasteiger partial charge is 0.495 e. The zero-order chi connectivity index (χ0) is 18.0. The SMILES string of the molecule is COc1ccc(NC(=O)c2sccc2S(=O)(=O)N2CCCC2)cc1N. The van der Waals surface area contributed by atoms with Gasteiger partial charge in [0.25, 0.3) is 5.91 Å². The molecule has 9 heteroatoms. The Morgan fingerprint density at radius 2 is 2.00 bits per heavy atom. The van der Waals surface area contributed by atoms with Gasteiger partial charge < -0.3 is 15.8 Å². The molecule has 7 nitrogen and oxygen atoms in total. The molecule has 0 spiro atoms. The number of nitrogens with two attached hydrogens (primary N) is 1. The first-order chi connectivity index (χ1) is 11.9. The van der Waals surface area contributed by atoms with Crippen LogP contribution in [0.4, 0.5) is 11.4 Å². The van der Waals surface area contributed by atoms with Crippen LogP contribution in [0.2, 0.25) is 0 Å². The van der Waals surface area contributed by atoms with Gasteiger partial charge in [0, 0.05) is 18.8 Å². The Bertz CT molecular complexity index is 887. The van der Waals surface area contributed by atoms with Gasteiger partial charge in [-0.3, -0.25) is 4.79 Å². The van der Waals surface area contributed by atoms with Crippen molar-refractivity contribution in [1.29, 1.82) is 0 Å². The number of nitrogen functional groups attached to an aromatic ring is 1. The maximum Gasteiger partial charge on any atom is 0.267 e. The Morgan fingerprint density at radius 1 is 1.28 bits per heavy atom. The molecule has 2 heterocycles. The molecular formula is C16H19N3O4S2. The predicted molar refractivity (Wildman–Crippen MR) is 97.7 cm³/mol. The number of carbonyl (C=O) groups is 1. The first-order valence-electron chi connectivity index (χ1n) is 7.76. The molecule has 134 valence electrons. The van der Waals surface area contributed by atoms with Crippen LogP contribution in [0.1, 0.15) is 22.5 Å². The topological polar surface area (TPSA) is 102 Å². The lowest BCUT2D eigenvalue weighted by atomic mass is 10.2. The van der Waals surface area contributed by atoms with Crippen LogP contribution in [0, 0.1) is 0 Å². The van der Waals surface area contributed by atoms with Crippen LogP contribution in [-0.2, 0) is 10.0 Å². The summed E-state index contributed by atoms with van der Waals surface area (Å²) in [6.45, 7) is 0.989. The highest BCUT2D eigenvalue weighted by Crippen LogP contribution is 2.29. The minimum Gasteiger partial charge on any atom is -0.495 e. The summed E-state index contributed by atoms with van der Waals surface area (Å²) in [5.74, 6) is 0.0313. The third-order valence-electron chi connectivity index (χ3n) is 4.01. The number of hydrogen-bond donors (Lipinski definition) is 2. The van der Waals surface area contributed by atoms with Gasteiger partial charge in [-0.25, -0.2) is 8.42 Å². The number of hydrogen-bond acceptors (Lipinski definition) is 6. The molecule has 1 amide bonds. The monoisotopic (exact) mass is 381 g/mol. The van der Waals surface area contributed by atoms with E-state index in [1.165, 1.54) is 17.5 Å². The lowest BCUT2D eigenvalue weighted by Crippen LogP contribution is -2.29. The standard InChI is InChI=1S/C16H19N3O4S2/c1-23-13-5-4-11(10-12(13)17)18-16(20)15-14(6-9-24-15)25(21,22)19-7-2-3-8-19/h4-6,9-10H,2-3,7-8,17H2,1H3,(H,18,20). The van der Waals surface area contributed by atoms with Gasteiger partial charge in [0.05, 0.1) is 12.8 Å². The van der Waals surface area contributed by atoms with E-state index in [9.17, 15) is 13.2 Å². The van der Waals surface area contributed by atoms with E-state index in [1.807, 2.05) is 0 Å². The van der Waals surface area contributed by atoms with E-state index >= 15 is 0 Å². The molecule has 3 N–H and O–H groups in total. The number of nitrogens with one attached hydrogen (secondary N) is 1. The maximum absolute atomic E-state index is 12.7. The van der Waals surface area contributed by atoms with E-state index in [4.69, 9.17) is 10.5 Å². The molecule has 0 saturated carbocycles. The van der Waals surface area contributed by atoms with Crippen LogP contribution in [0.15, 0.2) is 34.5 Å². The maximum atomic E-state index is 12.7. The fourth-order valence-corrected chi connectivity index (χ4v) is 5.55. The number of methoxy groups -OCH3 is 1. The molecule has 0 atom stereocenters. The molecule has 1 aromatic heterocycles. The lowest BCUT2D eigenvalue weighted by molar-refractivity contribution is 0.102. The van der Waals surface area contributed by atoms with Crippen molar-refractivity contribution in [2.75, 3.05) is 31.2 Å². The van der Waals surface area contributed by atoms with Gasteiger partial charge in [-0.05, 0) is 42.5 Å². The molecular weight excluding hydrogens is 362 g/mol. The van der Waals surface area contributed by atoms with E-state index in [0.717, 1.165) is 24.2 Å². The quantitative estimate of drug-likeness (QED) is 0.774. The Kier molecular flexibility index (Phi) is 4.98. The van der Waals surface area contributed by atoms with Crippen molar-refractivity contribution < 1.29 is 17.9 Å². The third kappa shape index (κ3) is 3.48. The van der Waals surface area contributed by atoms with Crippen LogP contribution in [-0.4, -0.2) is 38.8 Å². The van der Waals surface area contributed by atoms with Crippen molar-refractivity contribution in [3.63, 3.8) is 0 Å². The number of rotatable bonds is 5. The van der Waals surface area contributed by atoms with Crippen LogP contribution in [0.5, 0.6) is 5.75 Å². The fraction of sp³-hybridized carbons (Fsp3) is 0.312. The van der Waals surface area contributed by atoms with Crippen molar-refractivity contribution in [2.24, 2.45) is 0 Å². The highest BCUT2D eigenvalue weighted by atomic mass is 32.2. The zero-order valence-corrected chi connectivity index (χ0v) is 15.3. The van der Waals surface area contributed by atoms with E-state index < -0.39 is 15.9 Å². The normalized spacial score (nSPS) is 15.2. The number of anilines is 2. The molecule has 1 fully saturated rings. The Labute approximate surface area is 150 Å². The molecule has 1 saturated heterocycles. The van der Waals surface area contributed by atoms with Gasteiger partial charge in [-0.15, -0.1) is 11.3 Å². The average molecular weight is 381 g/mol. The van der Waals surface area contributed by atoms with Gasteiger partial charge in [0.15, 0.2) is 0 Å². The summed E-state index contributed by atoms with van der Waals surface area (Å²) < 4.78 is 32.0. The number of benzene rings is 1. The lowest BCUT2D eigenvalue weighted by Gasteiger charge is -2.15. The predicted octanol–water partition coefficient (Wildman–Crippen LogP) is 2.38. The first-order valence-corrected chi connectivity index (χ1v) is 10.1. The average Bonchev–Trinajstić information content (AvgIpc) is 3.27. The molecule has 0 bridgehead atoms. The van der Waals surface area contributed by atoms with Gasteiger partial charge >= 0.3 is 0 Å². The van der Waals surface area contributed by atoms with Crippen molar-refractivity contribution in [3.8, 4) is 5.75 Å². The molecule has 1 aromatic carbocycles. The van der Waals surface area contributed by atoms with Gasteiger partial charge in [-0.2, -0.15) is 4.31 Å². The molecule has 1 aliphatic heterocycles. The van der Waals surface area contributed by atoms with Crippen LogP contribution in [0.3, 0.4) is 0 Å². The summed E-state index contributed by atoms with van der Waals surface area (Å²) in [5.41, 5.74) is 6.69. The second-order valence-electron chi connectivity index (χ2n) is 5.64. The highest BCUT2D eigenvalue weighted by Gasteiger charge is 2.31. The van der Waals surface area contributed by atoms with Gasteiger partial charge in [-0.1, -0.05) is 0 Å². The molecule has 0 aliphatic carbocycles.